The number of aryl methyl sites for hydroxylation is 1. The second-order valence-corrected chi connectivity index (χ2v) is 12.5. The second-order valence-electron chi connectivity index (χ2n) is 11.3. The van der Waals surface area contributed by atoms with Crippen LogP contribution in [0, 0.1) is 6.92 Å². The molecule has 1 unspecified atom stereocenters. The molecule has 0 spiro atoms. The van der Waals surface area contributed by atoms with Crippen LogP contribution in [0.3, 0.4) is 0 Å². The molecular weight excluding hydrogens is 546 g/mol. The monoisotopic (exact) mass is 581 g/mol. The first-order valence-corrected chi connectivity index (χ1v) is 14.6. The number of carbonyl (C=O) groups excluding carboxylic acids is 3. The highest BCUT2D eigenvalue weighted by atomic mass is 35.5. The van der Waals surface area contributed by atoms with Crippen molar-refractivity contribution < 1.29 is 14.4 Å². The van der Waals surface area contributed by atoms with Crippen LogP contribution < -0.4 is 21.3 Å². The second kappa shape index (κ2) is 12.4. The van der Waals surface area contributed by atoms with Crippen LogP contribution in [0.15, 0.2) is 48.5 Å². The lowest BCUT2D eigenvalue weighted by atomic mass is 9.95. The predicted molar refractivity (Wildman–Crippen MR) is 161 cm³/mol. The summed E-state index contributed by atoms with van der Waals surface area (Å²) in [6.45, 7) is 7.54. The summed E-state index contributed by atoms with van der Waals surface area (Å²) in [4.78, 5) is 42.8. The first-order valence-electron chi connectivity index (χ1n) is 13.5. The average molecular weight is 582 g/mol. The van der Waals surface area contributed by atoms with Gasteiger partial charge in [0.05, 0.1) is 5.69 Å². The van der Waals surface area contributed by atoms with Gasteiger partial charge in [-0.1, -0.05) is 55.1 Å². The molecule has 8 nitrogen and oxygen atoms in total. The van der Waals surface area contributed by atoms with Crippen molar-refractivity contribution in [1.29, 1.82) is 0 Å². The van der Waals surface area contributed by atoms with Crippen molar-refractivity contribution in [2.45, 2.75) is 77.4 Å². The number of rotatable bonds is 7. The highest BCUT2D eigenvalue weighted by Crippen LogP contribution is 2.34. The summed E-state index contributed by atoms with van der Waals surface area (Å²) < 4.78 is 4.28. The van der Waals surface area contributed by atoms with E-state index >= 15 is 0 Å². The molecule has 10 heteroatoms. The van der Waals surface area contributed by atoms with Gasteiger partial charge in [0.1, 0.15) is 10.9 Å². The summed E-state index contributed by atoms with van der Waals surface area (Å²) in [5.41, 5.74) is 7.88. The fourth-order valence-electron chi connectivity index (χ4n) is 4.89. The van der Waals surface area contributed by atoms with Crippen molar-refractivity contribution in [1.82, 2.24) is 15.0 Å². The number of amides is 3. The Morgan fingerprint density at radius 2 is 1.75 bits per heavy atom. The van der Waals surface area contributed by atoms with Crippen LogP contribution in [0.5, 0.6) is 0 Å². The minimum absolute atomic E-state index is 0.00653. The van der Waals surface area contributed by atoms with Gasteiger partial charge >= 0.3 is 0 Å². The molecule has 1 aliphatic carbocycles. The standard InChI is InChI=1S/C30H36ClN5O3S/c1-18-9-8-12-22(17-18)36(25(28(38)34-30(2,3)4)19-13-15-20(31)16-14-19)29(39)26-23(32)24(35-40-26)27(37)33-21-10-6-5-7-11-21/h8-9,12-17,21,25H,5-7,10-11,32H2,1-4H3,(H,33,37)(H,34,38). The van der Waals surface area contributed by atoms with Gasteiger partial charge in [0.15, 0.2) is 5.69 Å². The number of aromatic nitrogens is 1. The molecule has 1 atom stereocenters. The summed E-state index contributed by atoms with van der Waals surface area (Å²) in [6.07, 6.45) is 5.11. The third kappa shape index (κ3) is 7.01. The molecule has 0 bridgehead atoms. The maximum absolute atomic E-state index is 14.3. The van der Waals surface area contributed by atoms with Crippen LogP contribution in [-0.2, 0) is 4.79 Å². The number of nitrogens with one attached hydrogen (secondary N) is 2. The molecule has 1 saturated carbocycles. The number of halogens is 1. The summed E-state index contributed by atoms with van der Waals surface area (Å²) in [7, 11) is 0. The number of hydrogen-bond donors (Lipinski definition) is 3. The Morgan fingerprint density at radius 1 is 1.07 bits per heavy atom. The number of nitrogens with zero attached hydrogens (tertiary/aromatic N) is 2. The minimum atomic E-state index is -1.05. The number of carbonyl (C=O) groups is 3. The van der Waals surface area contributed by atoms with Gasteiger partial charge in [-0.25, -0.2) is 0 Å². The van der Waals surface area contributed by atoms with E-state index in [4.69, 9.17) is 17.3 Å². The van der Waals surface area contributed by atoms with Gasteiger partial charge in [-0.05, 0) is 87.5 Å². The lowest BCUT2D eigenvalue weighted by Crippen LogP contribution is -2.49. The molecule has 0 saturated heterocycles. The Morgan fingerprint density at radius 3 is 2.38 bits per heavy atom. The molecular formula is C30H36ClN5O3S. The molecule has 0 radical (unpaired) electrons. The molecule has 1 aromatic heterocycles. The van der Waals surface area contributed by atoms with Crippen molar-refractivity contribution in [3.05, 3.63) is 75.3 Å². The van der Waals surface area contributed by atoms with E-state index in [1.165, 1.54) is 4.90 Å². The maximum Gasteiger partial charge on any atom is 0.273 e. The van der Waals surface area contributed by atoms with E-state index in [-0.39, 0.29) is 34.1 Å². The number of anilines is 2. The van der Waals surface area contributed by atoms with Crippen LogP contribution in [0.1, 0.15) is 90.2 Å². The summed E-state index contributed by atoms with van der Waals surface area (Å²) in [5, 5.41) is 6.54. The Bertz CT molecular complexity index is 1380. The van der Waals surface area contributed by atoms with Gasteiger partial charge in [-0.2, -0.15) is 4.37 Å². The molecule has 3 amide bonds. The zero-order valence-corrected chi connectivity index (χ0v) is 24.9. The highest BCUT2D eigenvalue weighted by molar-refractivity contribution is 7.09. The Hall–Kier alpha value is -3.43. The fourth-order valence-corrected chi connectivity index (χ4v) is 5.75. The zero-order chi connectivity index (χ0) is 29.0. The van der Waals surface area contributed by atoms with Gasteiger partial charge in [-0.15, -0.1) is 0 Å². The summed E-state index contributed by atoms with van der Waals surface area (Å²) >= 11 is 7.02. The van der Waals surface area contributed by atoms with Crippen LogP contribution in [0.4, 0.5) is 11.4 Å². The molecule has 4 rings (SSSR count). The van der Waals surface area contributed by atoms with Gasteiger partial charge in [0, 0.05) is 22.3 Å². The van der Waals surface area contributed by atoms with Gasteiger partial charge in [-0.3, -0.25) is 19.3 Å². The Kier molecular flexibility index (Phi) is 9.15. The number of benzene rings is 2. The minimum Gasteiger partial charge on any atom is -0.395 e. The van der Waals surface area contributed by atoms with E-state index in [2.05, 4.69) is 15.0 Å². The van der Waals surface area contributed by atoms with Crippen LogP contribution in [0.25, 0.3) is 0 Å². The SMILES string of the molecule is Cc1cccc(N(C(=O)c2snc(C(=O)NC3CCCCC3)c2N)C(C(=O)NC(C)(C)C)c2ccc(Cl)cc2)c1. The van der Waals surface area contributed by atoms with Crippen molar-refractivity contribution in [3.63, 3.8) is 0 Å². The number of nitrogens with two attached hydrogens (primary N) is 1. The molecule has 1 heterocycles. The molecule has 212 valence electrons. The first-order chi connectivity index (χ1) is 18.9. The van der Waals surface area contributed by atoms with E-state index in [1.807, 2.05) is 45.9 Å². The lowest BCUT2D eigenvalue weighted by molar-refractivity contribution is -0.123. The molecule has 1 aliphatic rings. The van der Waals surface area contributed by atoms with Crippen LogP contribution in [0.2, 0.25) is 5.02 Å². The largest absolute Gasteiger partial charge is 0.395 e. The van der Waals surface area contributed by atoms with E-state index in [0.29, 0.717) is 16.3 Å². The highest BCUT2D eigenvalue weighted by Gasteiger charge is 2.37. The third-order valence-electron chi connectivity index (χ3n) is 6.77. The van der Waals surface area contributed by atoms with Crippen LogP contribution >= 0.6 is 23.1 Å². The fraction of sp³-hybridized carbons (Fsp3) is 0.400. The summed E-state index contributed by atoms with van der Waals surface area (Å²) in [5.74, 6) is -1.29. The Balaban J connectivity index is 1.77. The van der Waals surface area contributed by atoms with Crippen molar-refractivity contribution in [2.75, 3.05) is 10.6 Å². The first kappa shape index (κ1) is 29.6. The van der Waals surface area contributed by atoms with Crippen LogP contribution in [-0.4, -0.2) is 33.7 Å². The zero-order valence-electron chi connectivity index (χ0n) is 23.3. The van der Waals surface area contributed by atoms with Crippen molar-refractivity contribution in [3.8, 4) is 0 Å². The lowest BCUT2D eigenvalue weighted by Gasteiger charge is -2.33. The molecule has 0 aliphatic heterocycles. The number of nitrogen functional groups attached to an aromatic ring is 1. The number of hydrogen-bond acceptors (Lipinski definition) is 6. The maximum atomic E-state index is 14.3. The normalized spacial score (nSPS) is 14.8. The molecule has 1 fully saturated rings. The third-order valence-corrected chi connectivity index (χ3v) is 7.87. The average Bonchev–Trinajstić information content (AvgIpc) is 3.28. The van der Waals surface area contributed by atoms with Gasteiger partial charge in [0.2, 0.25) is 5.91 Å². The van der Waals surface area contributed by atoms with Crippen molar-refractivity contribution in [2.24, 2.45) is 0 Å². The van der Waals surface area contributed by atoms with Crippen molar-refractivity contribution >= 4 is 52.2 Å². The molecule has 40 heavy (non-hydrogen) atoms. The molecule has 2 aromatic carbocycles. The smallest absolute Gasteiger partial charge is 0.273 e. The van der Waals surface area contributed by atoms with E-state index < -0.39 is 17.5 Å². The van der Waals surface area contributed by atoms with Gasteiger partial charge < -0.3 is 16.4 Å². The van der Waals surface area contributed by atoms with Gasteiger partial charge in [0.25, 0.3) is 11.8 Å². The molecule has 3 aromatic rings. The van der Waals surface area contributed by atoms with E-state index in [0.717, 1.165) is 49.2 Å². The Labute approximate surface area is 244 Å². The quantitative estimate of drug-likeness (QED) is 0.314. The topological polar surface area (TPSA) is 117 Å². The summed E-state index contributed by atoms with van der Waals surface area (Å²) in [6, 6.07) is 13.2. The van der Waals surface area contributed by atoms with E-state index in [9.17, 15) is 14.4 Å². The predicted octanol–water partition coefficient (Wildman–Crippen LogP) is 6.05. The molecule has 4 N–H and O–H groups in total. The van der Waals surface area contributed by atoms with E-state index in [1.54, 1.807) is 30.3 Å².